The standard InChI is InChI=1S/C9H15N3O/c1-12-7(3-6-11-12)8(10)9(13)4-2-5-9/h3,6,8,13H,2,4-5,10H2,1H3. The van der Waals surface area contributed by atoms with Crippen molar-refractivity contribution in [2.45, 2.75) is 30.9 Å². The molecule has 1 heterocycles. The van der Waals surface area contributed by atoms with E-state index in [1.807, 2.05) is 13.1 Å². The molecule has 2 rings (SSSR count). The molecule has 1 saturated carbocycles. The average molecular weight is 181 g/mol. The Morgan fingerprint density at radius 1 is 1.69 bits per heavy atom. The van der Waals surface area contributed by atoms with Crippen LogP contribution in [0.15, 0.2) is 12.3 Å². The van der Waals surface area contributed by atoms with Crippen molar-refractivity contribution in [2.24, 2.45) is 12.8 Å². The van der Waals surface area contributed by atoms with Gasteiger partial charge in [0, 0.05) is 13.2 Å². The highest BCUT2D eigenvalue weighted by Crippen LogP contribution is 2.40. The van der Waals surface area contributed by atoms with Gasteiger partial charge in [0.05, 0.1) is 17.3 Å². The van der Waals surface area contributed by atoms with Crippen molar-refractivity contribution in [3.8, 4) is 0 Å². The van der Waals surface area contributed by atoms with Crippen LogP contribution in [0.25, 0.3) is 0 Å². The van der Waals surface area contributed by atoms with Crippen LogP contribution in [0.5, 0.6) is 0 Å². The fraction of sp³-hybridized carbons (Fsp3) is 0.667. The van der Waals surface area contributed by atoms with Gasteiger partial charge in [-0.1, -0.05) is 0 Å². The Morgan fingerprint density at radius 3 is 2.77 bits per heavy atom. The quantitative estimate of drug-likeness (QED) is 0.691. The van der Waals surface area contributed by atoms with Crippen molar-refractivity contribution in [1.29, 1.82) is 0 Å². The molecule has 1 aromatic rings. The van der Waals surface area contributed by atoms with E-state index in [1.54, 1.807) is 10.9 Å². The number of nitrogens with zero attached hydrogens (tertiary/aromatic N) is 2. The van der Waals surface area contributed by atoms with Gasteiger partial charge in [-0.2, -0.15) is 5.10 Å². The minimum Gasteiger partial charge on any atom is -0.388 e. The zero-order chi connectivity index (χ0) is 9.47. The first-order chi connectivity index (χ1) is 6.13. The number of aryl methyl sites for hydroxylation is 1. The van der Waals surface area contributed by atoms with Gasteiger partial charge < -0.3 is 10.8 Å². The van der Waals surface area contributed by atoms with E-state index < -0.39 is 5.60 Å². The van der Waals surface area contributed by atoms with Gasteiger partial charge in [-0.05, 0) is 25.3 Å². The summed E-state index contributed by atoms with van der Waals surface area (Å²) < 4.78 is 1.72. The third-order valence-corrected chi connectivity index (χ3v) is 2.98. The largest absolute Gasteiger partial charge is 0.388 e. The second-order valence-electron chi connectivity index (χ2n) is 3.81. The average Bonchev–Trinajstić information content (AvgIpc) is 2.46. The van der Waals surface area contributed by atoms with Crippen LogP contribution >= 0.6 is 0 Å². The fourth-order valence-corrected chi connectivity index (χ4v) is 1.81. The number of rotatable bonds is 2. The van der Waals surface area contributed by atoms with Crippen LogP contribution < -0.4 is 5.73 Å². The van der Waals surface area contributed by atoms with Gasteiger partial charge in [0.15, 0.2) is 0 Å². The summed E-state index contributed by atoms with van der Waals surface area (Å²) in [5.74, 6) is 0. The molecular formula is C9H15N3O. The molecule has 13 heavy (non-hydrogen) atoms. The van der Waals surface area contributed by atoms with Crippen molar-refractivity contribution in [3.63, 3.8) is 0 Å². The SMILES string of the molecule is Cn1nccc1C(N)C1(O)CCC1. The molecule has 0 amide bonds. The van der Waals surface area contributed by atoms with Crippen LogP contribution in [0.3, 0.4) is 0 Å². The Bertz CT molecular complexity index is 304. The number of aromatic nitrogens is 2. The van der Waals surface area contributed by atoms with Crippen molar-refractivity contribution in [2.75, 3.05) is 0 Å². The third kappa shape index (κ3) is 1.26. The Balaban J connectivity index is 2.22. The maximum Gasteiger partial charge on any atom is 0.0854 e. The molecule has 0 spiro atoms. The van der Waals surface area contributed by atoms with Crippen molar-refractivity contribution in [3.05, 3.63) is 18.0 Å². The van der Waals surface area contributed by atoms with E-state index in [-0.39, 0.29) is 6.04 Å². The Kier molecular flexibility index (Phi) is 1.89. The minimum atomic E-state index is -0.687. The zero-order valence-electron chi connectivity index (χ0n) is 7.77. The highest BCUT2D eigenvalue weighted by atomic mass is 16.3. The van der Waals surface area contributed by atoms with Gasteiger partial charge >= 0.3 is 0 Å². The molecule has 0 bridgehead atoms. The molecule has 0 radical (unpaired) electrons. The van der Waals surface area contributed by atoms with E-state index in [0.717, 1.165) is 25.0 Å². The summed E-state index contributed by atoms with van der Waals surface area (Å²) in [5, 5.41) is 14.0. The molecule has 4 heteroatoms. The molecule has 1 aliphatic rings. The lowest BCUT2D eigenvalue weighted by Gasteiger charge is -2.41. The van der Waals surface area contributed by atoms with Crippen LogP contribution in [0.1, 0.15) is 31.0 Å². The molecule has 0 saturated heterocycles. The summed E-state index contributed by atoms with van der Waals surface area (Å²) >= 11 is 0. The van der Waals surface area contributed by atoms with Crippen molar-refractivity contribution >= 4 is 0 Å². The fourth-order valence-electron chi connectivity index (χ4n) is 1.81. The number of nitrogens with two attached hydrogens (primary N) is 1. The van der Waals surface area contributed by atoms with Gasteiger partial charge in [-0.25, -0.2) is 0 Å². The molecule has 0 aromatic carbocycles. The molecule has 0 aliphatic heterocycles. The summed E-state index contributed by atoms with van der Waals surface area (Å²) in [6.45, 7) is 0. The topological polar surface area (TPSA) is 64.1 Å². The van der Waals surface area contributed by atoms with E-state index in [9.17, 15) is 5.11 Å². The minimum absolute atomic E-state index is 0.297. The molecule has 1 unspecified atom stereocenters. The predicted octanol–water partition coefficient (Wildman–Crippen LogP) is 0.335. The first-order valence-electron chi connectivity index (χ1n) is 4.59. The molecule has 4 nitrogen and oxygen atoms in total. The molecular weight excluding hydrogens is 166 g/mol. The van der Waals surface area contributed by atoms with Gasteiger partial charge in [0.25, 0.3) is 0 Å². The molecule has 1 aliphatic carbocycles. The van der Waals surface area contributed by atoms with Gasteiger partial charge in [-0.3, -0.25) is 4.68 Å². The Hall–Kier alpha value is -0.870. The summed E-state index contributed by atoms with van der Waals surface area (Å²) in [6, 6.07) is 1.56. The molecule has 1 fully saturated rings. The summed E-state index contributed by atoms with van der Waals surface area (Å²) in [6.07, 6.45) is 4.39. The second kappa shape index (κ2) is 2.82. The molecule has 1 aromatic heterocycles. The van der Waals surface area contributed by atoms with E-state index in [1.165, 1.54) is 0 Å². The van der Waals surface area contributed by atoms with E-state index in [4.69, 9.17) is 5.73 Å². The van der Waals surface area contributed by atoms with E-state index >= 15 is 0 Å². The van der Waals surface area contributed by atoms with Gasteiger partial charge in [0.2, 0.25) is 0 Å². The predicted molar refractivity (Wildman–Crippen MR) is 48.9 cm³/mol. The first kappa shape index (κ1) is 8.72. The summed E-state index contributed by atoms with van der Waals surface area (Å²) in [7, 11) is 1.84. The maximum atomic E-state index is 10.0. The van der Waals surface area contributed by atoms with Crippen LogP contribution in [0.2, 0.25) is 0 Å². The van der Waals surface area contributed by atoms with E-state index in [0.29, 0.717) is 0 Å². The Labute approximate surface area is 77.4 Å². The first-order valence-corrected chi connectivity index (χ1v) is 4.59. The van der Waals surface area contributed by atoms with Crippen LogP contribution in [-0.2, 0) is 7.05 Å². The maximum absolute atomic E-state index is 10.0. The lowest BCUT2D eigenvalue weighted by Crippen LogP contribution is -2.47. The van der Waals surface area contributed by atoms with Crippen LogP contribution in [0.4, 0.5) is 0 Å². The zero-order valence-corrected chi connectivity index (χ0v) is 7.77. The molecule has 1 atom stereocenters. The van der Waals surface area contributed by atoms with Gasteiger partial charge in [-0.15, -0.1) is 0 Å². The smallest absolute Gasteiger partial charge is 0.0854 e. The summed E-state index contributed by atoms with van der Waals surface area (Å²) in [4.78, 5) is 0. The molecule has 72 valence electrons. The van der Waals surface area contributed by atoms with Gasteiger partial charge in [0.1, 0.15) is 0 Å². The highest BCUT2D eigenvalue weighted by Gasteiger charge is 2.42. The van der Waals surface area contributed by atoms with Crippen LogP contribution in [-0.4, -0.2) is 20.5 Å². The monoisotopic (exact) mass is 181 g/mol. The molecule has 3 N–H and O–H groups in total. The Morgan fingerprint density at radius 2 is 2.38 bits per heavy atom. The van der Waals surface area contributed by atoms with Crippen molar-refractivity contribution < 1.29 is 5.11 Å². The van der Waals surface area contributed by atoms with E-state index in [2.05, 4.69) is 5.10 Å². The number of hydrogen-bond donors (Lipinski definition) is 2. The normalized spacial score (nSPS) is 22.4. The summed E-state index contributed by atoms with van der Waals surface area (Å²) in [5.41, 5.74) is 6.19. The third-order valence-electron chi connectivity index (χ3n) is 2.98. The van der Waals surface area contributed by atoms with Crippen molar-refractivity contribution in [1.82, 2.24) is 9.78 Å². The van der Waals surface area contributed by atoms with Crippen LogP contribution in [0, 0.1) is 0 Å². The second-order valence-corrected chi connectivity index (χ2v) is 3.81. The number of aliphatic hydroxyl groups is 1. The lowest BCUT2D eigenvalue weighted by molar-refractivity contribution is -0.0577. The number of hydrogen-bond acceptors (Lipinski definition) is 3. The lowest BCUT2D eigenvalue weighted by atomic mass is 9.74. The highest BCUT2D eigenvalue weighted by molar-refractivity contribution is 5.14.